The molecule has 0 unspecified atom stereocenters. The van der Waals surface area contributed by atoms with Gasteiger partial charge in [0.25, 0.3) is 0 Å². The number of aryl methyl sites for hydroxylation is 1. The number of rotatable bonds is 2. The van der Waals surface area contributed by atoms with Crippen LogP contribution in [0.1, 0.15) is 12.6 Å². The first-order chi connectivity index (χ1) is 6.81. The molecule has 0 atom stereocenters. The molecule has 2 aromatic rings. The zero-order chi connectivity index (χ0) is 9.97. The van der Waals surface area contributed by atoms with Crippen LogP contribution in [-0.2, 0) is 6.42 Å². The molecule has 0 radical (unpaired) electrons. The molecule has 0 fully saturated rings. The highest BCUT2D eigenvalue weighted by Crippen LogP contribution is 2.24. The van der Waals surface area contributed by atoms with Crippen LogP contribution < -0.4 is 5.73 Å². The van der Waals surface area contributed by atoms with Gasteiger partial charge in [0.15, 0.2) is 0 Å². The monoisotopic (exact) mass is 188 g/mol. The fourth-order valence-electron chi connectivity index (χ4n) is 1.28. The van der Waals surface area contributed by atoms with E-state index in [0.29, 0.717) is 11.6 Å². The third-order valence-electron chi connectivity index (χ3n) is 2.11. The summed E-state index contributed by atoms with van der Waals surface area (Å²) in [6, 6.07) is 7.55. The van der Waals surface area contributed by atoms with E-state index in [2.05, 4.69) is 4.98 Å². The second-order valence-electron chi connectivity index (χ2n) is 3.08. The van der Waals surface area contributed by atoms with Crippen LogP contribution in [0, 0.1) is 0 Å². The molecule has 1 heterocycles. The number of hydrogen-bond donors (Lipinski definition) is 1. The molecule has 14 heavy (non-hydrogen) atoms. The van der Waals surface area contributed by atoms with Crippen molar-refractivity contribution in [2.45, 2.75) is 13.3 Å². The van der Waals surface area contributed by atoms with Gasteiger partial charge in [-0.25, -0.2) is 4.98 Å². The fourth-order valence-corrected chi connectivity index (χ4v) is 1.28. The Kier molecular flexibility index (Phi) is 2.23. The van der Waals surface area contributed by atoms with Crippen LogP contribution in [0.4, 0.5) is 5.69 Å². The van der Waals surface area contributed by atoms with E-state index < -0.39 is 0 Å². The van der Waals surface area contributed by atoms with Gasteiger partial charge in [-0.15, -0.1) is 0 Å². The smallest absolute Gasteiger partial charge is 0.228 e. The van der Waals surface area contributed by atoms with Crippen molar-refractivity contribution in [1.82, 2.24) is 4.98 Å². The quantitative estimate of drug-likeness (QED) is 0.736. The van der Waals surface area contributed by atoms with E-state index >= 15 is 0 Å². The van der Waals surface area contributed by atoms with Gasteiger partial charge < -0.3 is 10.2 Å². The Labute approximate surface area is 82.6 Å². The lowest BCUT2D eigenvalue weighted by Gasteiger charge is -1.98. The molecule has 72 valence electrons. The van der Waals surface area contributed by atoms with Gasteiger partial charge in [0.1, 0.15) is 6.26 Å². The lowest BCUT2D eigenvalue weighted by atomic mass is 10.2. The van der Waals surface area contributed by atoms with E-state index in [1.165, 1.54) is 0 Å². The van der Waals surface area contributed by atoms with Crippen LogP contribution in [0.25, 0.3) is 11.5 Å². The van der Waals surface area contributed by atoms with Crippen LogP contribution in [0.5, 0.6) is 0 Å². The molecule has 1 aromatic carbocycles. The SMILES string of the molecule is CCc1coc(-c2ccccc2N)n1. The number of benzene rings is 1. The molecule has 0 aliphatic heterocycles. The van der Waals surface area contributed by atoms with E-state index in [1.807, 2.05) is 31.2 Å². The number of hydrogen-bond acceptors (Lipinski definition) is 3. The molecule has 2 rings (SSSR count). The summed E-state index contributed by atoms with van der Waals surface area (Å²) in [5.74, 6) is 0.597. The van der Waals surface area contributed by atoms with Gasteiger partial charge >= 0.3 is 0 Å². The molecule has 0 saturated carbocycles. The molecule has 0 aliphatic carbocycles. The van der Waals surface area contributed by atoms with Gasteiger partial charge in [0.05, 0.1) is 11.3 Å². The first-order valence-corrected chi connectivity index (χ1v) is 4.60. The van der Waals surface area contributed by atoms with E-state index in [9.17, 15) is 0 Å². The molecule has 0 saturated heterocycles. The lowest BCUT2D eigenvalue weighted by molar-refractivity contribution is 0.573. The summed E-state index contributed by atoms with van der Waals surface area (Å²) >= 11 is 0. The van der Waals surface area contributed by atoms with E-state index in [4.69, 9.17) is 10.2 Å². The number of nitrogen functional groups attached to an aromatic ring is 1. The number of para-hydroxylation sites is 1. The van der Waals surface area contributed by atoms with Crippen molar-refractivity contribution in [1.29, 1.82) is 0 Å². The Balaban J connectivity index is 2.44. The standard InChI is InChI=1S/C11H12N2O/c1-2-8-7-14-11(13-8)9-5-3-4-6-10(9)12/h3-7H,2,12H2,1H3. The summed E-state index contributed by atoms with van der Waals surface area (Å²) in [6.45, 7) is 2.04. The summed E-state index contributed by atoms with van der Waals surface area (Å²) < 4.78 is 5.33. The second-order valence-corrected chi connectivity index (χ2v) is 3.08. The largest absolute Gasteiger partial charge is 0.444 e. The van der Waals surface area contributed by atoms with Crippen LogP contribution in [-0.4, -0.2) is 4.98 Å². The molecular formula is C11H12N2O. The van der Waals surface area contributed by atoms with Crippen molar-refractivity contribution in [3.05, 3.63) is 36.2 Å². The molecule has 0 spiro atoms. The molecule has 0 bridgehead atoms. The minimum Gasteiger partial charge on any atom is -0.444 e. The summed E-state index contributed by atoms with van der Waals surface area (Å²) in [4.78, 5) is 4.31. The second kappa shape index (κ2) is 3.54. The molecule has 3 nitrogen and oxygen atoms in total. The average molecular weight is 188 g/mol. The third-order valence-corrected chi connectivity index (χ3v) is 2.11. The first kappa shape index (κ1) is 8.81. The van der Waals surface area contributed by atoms with Crippen LogP contribution in [0.2, 0.25) is 0 Å². The van der Waals surface area contributed by atoms with E-state index in [-0.39, 0.29) is 0 Å². The van der Waals surface area contributed by atoms with Crippen molar-refractivity contribution in [3.8, 4) is 11.5 Å². The predicted octanol–water partition coefficient (Wildman–Crippen LogP) is 2.49. The Bertz CT molecular complexity index is 434. The predicted molar refractivity (Wildman–Crippen MR) is 55.7 cm³/mol. The highest BCUT2D eigenvalue weighted by Gasteiger charge is 2.07. The zero-order valence-electron chi connectivity index (χ0n) is 8.03. The maximum atomic E-state index is 5.80. The van der Waals surface area contributed by atoms with E-state index in [1.54, 1.807) is 6.26 Å². The summed E-state index contributed by atoms with van der Waals surface area (Å²) in [5.41, 5.74) is 8.30. The Morgan fingerprint density at radius 2 is 2.14 bits per heavy atom. The van der Waals surface area contributed by atoms with Crippen LogP contribution in [0.15, 0.2) is 34.9 Å². The van der Waals surface area contributed by atoms with Gasteiger partial charge in [0.2, 0.25) is 5.89 Å². The highest BCUT2D eigenvalue weighted by atomic mass is 16.3. The summed E-state index contributed by atoms with van der Waals surface area (Å²) in [5, 5.41) is 0. The minimum absolute atomic E-state index is 0.597. The highest BCUT2D eigenvalue weighted by molar-refractivity contribution is 5.70. The maximum Gasteiger partial charge on any atom is 0.228 e. The molecule has 0 aliphatic rings. The van der Waals surface area contributed by atoms with Crippen LogP contribution >= 0.6 is 0 Å². The topological polar surface area (TPSA) is 52.0 Å². The van der Waals surface area contributed by atoms with Crippen molar-refractivity contribution in [2.24, 2.45) is 0 Å². The maximum absolute atomic E-state index is 5.80. The number of nitrogens with zero attached hydrogens (tertiary/aromatic N) is 1. The third kappa shape index (κ3) is 1.48. The normalized spacial score (nSPS) is 10.4. The number of nitrogens with two attached hydrogens (primary N) is 1. The minimum atomic E-state index is 0.597. The van der Waals surface area contributed by atoms with Crippen molar-refractivity contribution in [2.75, 3.05) is 5.73 Å². The molecule has 0 amide bonds. The van der Waals surface area contributed by atoms with Crippen LogP contribution in [0.3, 0.4) is 0 Å². The van der Waals surface area contributed by atoms with Gasteiger partial charge in [0, 0.05) is 5.69 Å². The lowest BCUT2D eigenvalue weighted by Crippen LogP contribution is -1.89. The van der Waals surface area contributed by atoms with Gasteiger partial charge in [-0.1, -0.05) is 19.1 Å². The number of oxazole rings is 1. The van der Waals surface area contributed by atoms with Gasteiger partial charge in [-0.05, 0) is 18.6 Å². The summed E-state index contributed by atoms with van der Waals surface area (Å²) in [6.07, 6.45) is 2.54. The summed E-state index contributed by atoms with van der Waals surface area (Å²) in [7, 11) is 0. The molecule has 3 heteroatoms. The number of aromatic nitrogens is 1. The molecule has 1 aromatic heterocycles. The average Bonchev–Trinajstić information content (AvgIpc) is 2.67. The Morgan fingerprint density at radius 1 is 1.36 bits per heavy atom. The Hall–Kier alpha value is -1.77. The van der Waals surface area contributed by atoms with Gasteiger partial charge in [-0.3, -0.25) is 0 Å². The molecule has 2 N–H and O–H groups in total. The fraction of sp³-hybridized carbons (Fsp3) is 0.182. The zero-order valence-corrected chi connectivity index (χ0v) is 8.03. The first-order valence-electron chi connectivity index (χ1n) is 4.60. The Morgan fingerprint density at radius 3 is 2.79 bits per heavy atom. The number of anilines is 1. The van der Waals surface area contributed by atoms with Crippen molar-refractivity contribution < 1.29 is 4.42 Å². The van der Waals surface area contributed by atoms with E-state index in [0.717, 1.165) is 17.7 Å². The van der Waals surface area contributed by atoms with Gasteiger partial charge in [-0.2, -0.15) is 0 Å². The molecular weight excluding hydrogens is 176 g/mol. The van der Waals surface area contributed by atoms with Crippen molar-refractivity contribution >= 4 is 5.69 Å². The van der Waals surface area contributed by atoms with Crippen molar-refractivity contribution in [3.63, 3.8) is 0 Å².